The van der Waals surface area contributed by atoms with Gasteiger partial charge >= 0.3 is 0 Å². The smallest absolute Gasteiger partial charge is 0.191 e. The largest absolute Gasteiger partial charge is 0.356 e. The van der Waals surface area contributed by atoms with Gasteiger partial charge in [-0.15, -0.1) is 24.0 Å². The Kier molecular flexibility index (Phi) is 5.67. The summed E-state index contributed by atoms with van der Waals surface area (Å²) < 4.78 is 0. The average Bonchev–Trinajstić information content (AvgIpc) is 3.12. The zero-order valence-electron chi connectivity index (χ0n) is 12.5. The van der Waals surface area contributed by atoms with Crippen LogP contribution in [0, 0.1) is 0 Å². The minimum Gasteiger partial charge on any atom is -0.356 e. The van der Waals surface area contributed by atoms with Gasteiger partial charge in [-0.05, 0) is 31.2 Å². The Hall–Kier alpha value is -1.04. The maximum absolute atomic E-state index is 4.34. The van der Waals surface area contributed by atoms with Crippen molar-refractivity contribution >= 4 is 29.9 Å². The molecule has 3 nitrogen and oxygen atoms in total. The van der Waals surface area contributed by atoms with Crippen LogP contribution in [0.15, 0.2) is 47.5 Å². The predicted molar refractivity (Wildman–Crippen MR) is 99.4 cm³/mol. The Balaban J connectivity index is 0.00000161. The first kappa shape index (κ1) is 16.3. The van der Waals surface area contributed by atoms with Gasteiger partial charge in [0.1, 0.15) is 0 Å². The maximum Gasteiger partial charge on any atom is 0.191 e. The summed E-state index contributed by atoms with van der Waals surface area (Å²) in [4.78, 5) is 4.34. The molecule has 3 rings (SSSR count). The van der Waals surface area contributed by atoms with Crippen molar-refractivity contribution in [2.24, 2.45) is 4.99 Å². The number of guanidine groups is 1. The summed E-state index contributed by atoms with van der Waals surface area (Å²) >= 11 is 0. The van der Waals surface area contributed by atoms with Crippen molar-refractivity contribution in [3.05, 3.63) is 48.0 Å². The van der Waals surface area contributed by atoms with Gasteiger partial charge in [0.05, 0.1) is 0 Å². The average molecular weight is 397 g/mol. The predicted octanol–water partition coefficient (Wildman–Crippen LogP) is 3.22. The molecule has 0 unspecified atom stereocenters. The van der Waals surface area contributed by atoms with Gasteiger partial charge in [-0.3, -0.25) is 4.99 Å². The first-order valence-electron chi connectivity index (χ1n) is 7.50. The highest BCUT2D eigenvalue weighted by molar-refractivity contribution is 14.0. The van der Waals surface area contributed by atoms with Gasteiger partial charge in [0.2, 0.25) is 0 Å². The number of aliphatic imine (C=N–C) groups is 1. The van der Waals surface area contributed by atoms with E-state index < -0.39 is 0 Å². The molecule has 1 fully saturated rings. The molecule has 1 aromatic rings. The minimum atomic E-state index is 0. The fraction of sp³-hybridized carbons (Fsp3) is 0.471. The van der Waals surface area contributed by atoms with Gasteiger partial charge in [-0.2, -0.15) is 0 Å². The molecule has 1 saturated carbocycles. The zero-order chi connectivity index (χ0) is 13.8. The monoisotopic (exact) mass is 397 g/mol. The molecule has 2 aliphatic carbocycles. The SMILES string of the molecule is CN=C(NCC1(c2ccccc2)CC1)NC1CC=CC1.I. The van der Waals surface area contributed by atoms with E-state index in [4.69, 9.17) is 0 Å². The van der Waals surface area contributed by atoms with Gasteiger partial charge in [-0.1, -0.05) is 42.5 Å². The number of nitrogens with zero attached hydrogens (tertiary/aromatic N) is 1. The van der Waals surface area contributed by atoms with E-state index in [-0.39, 0.29) is 24.0 Å². The molecule has 0 heterocycles. The van der Waals surface area contributed by atoms with E-state index in [2.05, 4.69) is 58.1 Å². The van der Waals surface area contributed by atoms with E-state index in [0.29, 0.717) is 11.5 Å². The van der Waals surface area contributed by atoms with E-state index in [1.807, 2.05) is 7.05 Å². The van der Waals surface area contributed by atoms with Crippen LogP contribution in [0.1, 0.15) is 31.2 Å². The Morgan fingerprint density at radius 1 is 1.19 bits per heavy atom. The Morgan fingerprint density at radius 3 is 2.43 bits per heavy atom. The number of rotatable bonds is 4. The summed E-state index contributed by atoms with van der Waals surface area (Å²) in [5, 5.41) is 7.00. The molecule has 1 aromatic carbocycles. The fourth-order valence-electron chi connectivity index (χ4n) is 2.89. The van der Waals surface area contributed by atoms with Crippen LogP contribution in [0.25, 0.3) is 0 Å². The molecule has 0 saturated heterocycles. The van der Waals surface area contributed by atoms with Gasteiger partial charge in [0.25, 0.3) is 0 Å². The minimum absolute atomic E-state index is 0. The highest BCUT2D eigenvalue weighted by Gasteiger charge is 2.44. The van der Waals surface area contributed by atoms with Crippen LogP contribution in [0.5, 0.6) is 0 Å². The lowest BCUT2D eigenvalue weighted by atomic mass is 9.96. The zero-order valence-corrected chi connectivity index (χ0v) is 14.8. The number of benzene rings is 1. The van der Waals surface area contributed by atoms with Gasteiger partial charge in [0, 0.05) is 25.0 Å². The summed E-state index contributed by atoms with van der Waals surface area (Å²) in [7, 11) is 1.85. The van der Waals surface area contributed by atoms with Crippen molar-refractivity contribution in [3.63, 3.8) is 0 Å². The number of hydrogen-bond acceptors (Lipinski definition) is 1. The molecule has 4 heteroatoms. The number of nitrogens with one attached hydrogen (secondary N) is 2. The van der Waals surface area contributed by atoms with Crippen LogP contribution in [0.4, 0.5) is 0 Å². The maximum atomic E-state index is 4.34. The normalized spacial score (nSPS) is 20.0. The lowest BCUT2D eigenvalue weighted by molar-refractivity contribution is 0.605. The summed E-state index contributed by atoms with van der Waals surface area (Å²) in [6.45, 7) is 0.969. The van der Waals surface area contributed by atoms with Crippen LogP contribution in [-0.2, 0) is 5.41 Å². The fourth-order valence-corrected chi connectivity index (χ4v) is 2.89. The lowest BCUT2D eigenvalue weighted by Gasteiger charge is -2.21. The van der Waals surface area contributed by atoms with Crippen molar-refractivity contribution in [1.82, 2.24) is 10.6 Å². The van der Waals surface area contributed by atoms with Gasteiger partial charge in [0.15, 0.2) is 5.96 Å². The first-order chi connectivity index (χ1) is 9.82. The summed E-state index contributed by atoms with van der Waals surface area (Å²) in [5.74, 6) is 0.931. The molecular formula is C17H24IN3. The molecule has 0 spiro atoms. The Bertz CT molecular complexity index is 498. The van der Waals surface area contributed by atoms with Crippen molar-refractivity contribution in [2.45, 2.75) is 37.1 Å². The molecule has 0 aromatic heterocycles. The molecular weight excluding hydrogens is 373 g/mol. The second-order valence-corrected chi connectivity index (χ2v) is 5.86. The van der Waals surface area contributed by atoms with Crippen molar-refractivity contribution in [3.8, 4) is 0 Å². The summed E-state index contributed by atoms with van der Waals surface area (Å²) in [6.07, 6.45) is 9.21. The lowest BCUT2D eigenvalue weighted by Crippen LogP contribution is -2.45. The standard InChI is InChI=1S/C17H23N3.HI/c1-18-16(20-15-9-5-6-10-15)19-13-17(11-12-17)14-7-3-2-4-8-14;/h2-8,15H,9-13H2,1H3,(H2,18,19,20);1H. The summed E-state index contributed by atoms with van der Waals surface area (Å²) in [6, 6.07) is 11.3. The quantitative estimate of drug-likeness (QED) is 0.354. The van der Waals surface area contributed by atoms with Crippen LogP contribution in [-0.4, -0.2) is 25.6 Å². The van der Waals surface area contributed by atoms with Gasteiger partial charge < -0.3 is 10.6 Å². The molecule has 114 valence electrons. The number of halogens is 1. The van der Waals surface area contributed by atoms with E-state index in [1.165, 1.54) is 18.4 Å². The molecule has 2 N–H and O–H groups in total. The molecule has 0 amide bonds. The molecule has 0 aliphatic heterocycles. The third-order valence-corrected chi connectivity index (χ3v) is 4.41. The van der Waals surface area contributed by atoms with Crippen LogP contribution in [0.2, 0.25) is 0 Å². The van der Waals surface area contributed by atoms with E-state index in [1.54, 1.807) is 0 Å². The molecule has 2 aliphatic rings. The Morgan fingerprint density at radius 2 is 1.86 bits per heavy atom. The van der Waals surface area contributed by atoms with Crippen molar-refractivity contribution < 1.29 is 0 Å². The Labute approximate surface area is 144 Å². The molecule has 0 radical (unpaired) electrons. The number of hydrogen-bond donors (Lipinski definition) is 2. The van der Waals surface area contributed by atoms with Crippen LogP contribution >= 0.6 is 24.0 Å². The van der Waals surface area contributed by atoms with Crippen molar-refractivity contribution in [1.29, 1.82) is 0 Å². The van der Waals surface area contributed by atoms with Crippen LogP contribution < -0.4 is 10.6 Å². The second-order valence-electron chi connectivity index (χ2n) is 5.86. The first-order valence-corrected chi connectivity index (χ1v) is 7.50. The highest BCUT2D eigenvalue weighted by atomic mass is 127. The third-order valence-electron chi connectivity index (χ3n) is 4.41. The highest BCUT2D eigenvalue weighted by Crippen LogP contribution is 2.47. The molecule has 21 heavy (non-hydrogen) atoms. The van der Waals surface area contributed by atoms with E-state index in [0.717, 1.165) is 25.3 Å². The third kappa shape index (κ3) is 3.99. The van der Waals surface area contributed by atoms with Crippen LogP contribution in [0.3, 0.4) is 0 Å². The molecule has 0 atom stereocenters. The molecule has 0 bridgehead atoms. The summed E-state index contributed by atoms with van der Waals surface area (Å²) in [5.41, 5.74) is 1.78. The van der Waals surface area contributed by atoms with E-state index >= 15 is 0 Å². The second kappa shape index (κ2) is 7.29. The topological polar surface area (TPSA) is 36.4 Å². The van der Waals surface area contributed by atoms with Gasteiger partial charge in [-0.25, -0.2) is 0 Å². The van der Waals surface area contributed by atoms with Crippen molar-refractivity contribution in [2.75, 3.05) is 13.6 Å². The van der Waals surface area contributed by atoms with E-state index in [9.17, 15) is 0 Å².